The van der Waals surface area contributed by atoms with Gasteiger partial charge >= 0.3 is 0 Å². The zero-order valence-electron chi connectivity index (χ0n) is 12.9. The second-order valence-corrected chi connectivity index (χ2v) is 6.23. The summed E-state index contributed by atoms with van der Waals surface area (Å²) in [6.07, 6.45) is 0.930. The lowest BCUT2D eigenvalue weighted by Crippen LogP contribution is -2.31. The third kappa shape index (κ3) is 4.97. The Bertz CT molecular complexity index is 625. The maximum absolute atomic E-state index is 12.0. The topological polar surface area (TPSA) is 41.1 Å². The van der Waals surface area contributed by atoms with Crippen LogP contribution in [0.1, 0.15) is 30.5 Å². The molecule has 0 heterocycles. The van der Waals surface area contributed by atoms with Crippen molar-refractivity contribution in [2.45, 2.75) is 26.3 Å². The van der Waals surface area contributed by atoms with Crippen LogP contribution in [-0.4, -0.2) is 12.5 Å². The number of anilines is 1. The van der Waals surface area contributed by atoms with Crippen LogP contribution in [0.4, 0.5) is 5.69 Å². The van der Waals surface area contributed by atoms with Gasteiger partial charge in [-0.3, -0.25) is 4.79 Å². The number of carbonyl (C=O) groups is 1. The predicted octanol–water partition coefficient (Wildman–Crippen LogP) is 4.44. The first-order chi connectivity index (χ1) is 10.6. The maximum atomic E-state index is 12.0. The van der Waals surface area contributed by atoms with Crippen LogP contribution in [0.25, 0.3) is 0 Å². The standard InChI is InChI=1S/C18H21BrN2O/c1-3-17(14-7-9-15(19)10-8-14)20-12-18(22)21-16-6-4-5-13(2)11-16/h4-11,17,20H,3,12H2,1-2H3,(H,21,22)/t17-/m0/s1. The molecule has 0 radical (unpaired) electrons. The van der Waals surface area contributed by atoms with Crippen molar-refractivity contribution in [3.05, 3.63) is 64.1 Å². The minimum Gasteiger partial charge on any atom is -0.325 e. The molecule has 0 bridgehead atoms. The predicted molar refractivity (Wildman–Crippen MR) is 95.0 cm³/mol. The van der Waals surface area contributed by atoms with Crippen LogP contribution in [0.2, 0.25) is 0 Å². The highest BCUT2D eigenvalue weighted by Gasteiger charge is 2.11. The average molecular weight is 361 g/mol. The lowest BCUT2D eigenvalue weighted by atomic mass is 10.0. The number of nitrogens with one attached hydrogen (secondary N) is 2. The number of carbonyl (C=O) groups excluding carboxylic acids is 1. The summed E-state index contributed by atoms with van der Waals surface area (Å²) in [6, 6.07) is 16.2. The summed E-state index contributed by atoms with van der Waals surface area (Å²) in [4.78, 5) is 12.0. The molecule has 1 atom stereocenters. The van der Waals surface area contributed by atoms with Gasteiger partial charge in [0, 0.05) is 16.2 Å². The highest BCUT2D eigenvalue weighted by Crippen LogP contribution is 2.19. The molecule has 2 rings (SSSR count). The van der Waals surface area contributed by atoms with Crippen molar-refractivity contribution in [1.82, 2.24) is 5.32 Å². The summed E-state index contributed by atoms with van der Waals surface area (Å²) in [7, 11) is 0. The van der Waals surface area contributed by atoms with Crippen molar-refractivity contribution in [2.75, 3.05) is 11.9 Å². The number of benzene rings is 2. The van der Waals surface area contributed by atoms with Crippen molar-refractivity contribution in [3.8, 4) is 0 Å². The van der Waals surface area contributed by atoms with Crippen molar-refractivity contribution in [3.63, 3.8) is 0 Å². The van der Waals surface area contributed by atoms with Gasteiger partial charge in [0.15, 0.2) is 0 Å². The molecule has 0 fully saturated rings. The van der Waals surface area contributed by atoms with E-state index in [0.29, 0.717) is 6.54 Å². The molecule has 0 spiro atoms. The van der Waals surface area contributed by atoms with E-state index in [9.17, 15) is 4.79 Å². The van der Waals surface area contributed by atoms with Gasteiger partial charge in [-0.25, -0.2) is 0 Å². The first kappa shape index (κ1) is 16.7. The Morgan fingerprint density at radius 3 is 2.55 bits per heavy atom. The van der Waals surface area contributed by atoms with Crippen molar-refractivity contribution in [2.24, 2.45) is 0 Å². The smallest absolute Gasteiger partial charge is 0.238 e. The molecule has 22 heavy (non-hydrogen) atoms. The van der Waals surface area contributed by atoms with Crippen molar-refractivity contribution in [1.29, 1.82) is 0 Å². The molecule has 0 saturated heterocycles. The van der Waals surface area contributed by atoms with E-state index in [4.69, 9.17) is 0 Å². The minimum absolute atomic E-state index is 0.0267. The Hall–Kier alpha value is -1.65. The molecule has 2 aromatic carbocycles. The van der Waals surface area contributed by atoms with E-state index in [-0.39, 0.29) is 11.9 Å². The van der Waals surface area contributed by atoms with E-state index in [0.717, 1.165) is 22.1 Å². The molecule has 0 saturated carbocycles. The average Bonchev–Trinajstić information content (AvgIpc) is 2.49. The highest BCUT2D eigenvalue weighted by atomic mass is 79.9. The van der Waals surface area contributed by atoms with Crippen LogP contribution in [0, 0.1) is 6.92 Å². The van der Waals surface area contributed by atoms with Gasteiger partial charge < -0.3 is 10.6 Å². The van der Waals surface area contributed by atoms with Gasteiger partial charge in [0.05, 0.1) is 6.54 Å². The van der Waals surface area contributed by atoms with Crippen molar-refractivity contribution < 1.29 is 4.79 Å². The zero-order chi connectivity index (χ0) is 15.9. The van der Waals surface area contributed by atoms with E-state index in [2.05, 4.69) is 45.6 Å². The number of aryl methyl sites for hydroxylation is 1. The van der Waals surface area contributed by atoms with Gasteiger partial charge in [-0.15, -0.1) is 0 Å². The second-order valence-electron chi connectivity index (χ2n) is 5.31. The third-order valence-corrected chi connectivity index (χ3v) is 4.02. The molecular weight excluding hydrogens is 340 g/mol. The van der Waals surface area contributed by atoms with E-state index in [1.54, 1.807) is 0 Å². The van der Waals surface area contributed by atoms with Gasteiger partial charge in [-0.1, -0.05) is 47.1 Å². The molecule has 1 amide bonds. The monoisotopic (exact) mass is 360 g/mol. The number of rotatable bonds is 6. The summed E-state index contributed by atoms with van der Waals surface area (Å²) >= 11 is 3.44. The van der Waals surface area contributed by atoms with Crippen LogP contribution in [0.5, 0.6) is 0 Å². The molecule has 116 valence electrons. The molecule has 2 N–H and O–H groups in total. The Morgan fingerprint density at radius 2 is 1.91 bits per heavy atom. The summed E-state index contributed by atoms with van der Waals surface area (Å²) < 4.78 is 1.06. The molecule has 0 aliphatic carbocycles. The minimum atomic E-state index is -0.0267. The van der Waals surface area contributed by atoms with Gasteiger partial charge in [-0.05, 0) is 48.7 Å². The summed E-state index contributed by atoms with van der Waals surface area (Å²) in [6.45, 7) is 4.41. The second kappa shape index (κ2) is 8.11. The summed E-state index contributed by atoms with van der Waals surface area (Å²) in [5, 5.41) is 6.23. The quantitative estimate of drug-likeness (QED) is 0.799. The first-order valence-corrected chi connectivity index (χ1v) is 8.23. The molecular formula is C18H21BrN2O. The molecule has 0 aliphatic heterocycles. The fourth-order valence-corrected chi connectivity index (χ4v) is 2.60. The van der Waals surface area contributed by atoms with Gasteiger partial charge in [0.1, 0.15) is 0 Å². The van der Waals surface area contributed by atoms with Crippen LogP contribution < -0.4 is 10.6 Å². The fraction of sp³-hybridized carbons (Fsp3) is 0.278. The molecule has 0 aromatic heterocycles. The third-order valence-electron chi connectivity index (χ3n) is 3.49. The van der Waals surface area contributed by atoms with E-state index in [1.165, 1.54) is 5.56 Å². The molecule has 2 aromatic rings. The number of hydrogen-bond acceptors (Lipinski definition) is 2. The highest BCUT2D eigenvalue weighted by molar-refractivity contribution is 9.10. The number of amides is 1. The van der Waals surface area contributed by atoms with E-state index < -0.39 is 0 Å². The molecule has 3 nitrogen and oxygen atoms in total. The van der Waals surface area contributed by atoms with Gasteiger partial charge in [-0.2, -0.15) is 0 Å². The number of halogens is 1. The maximum Gasteiger partial charge on any atom is 0.238 e. The number of hydrogen-bond donors (Lipinski definition) is 2. The van der Waals surface area contributed by atoms with Crippen LogP contribution in [0.15, 0.2) is 53.0 Å². The lowest BCUT2D eigenvalue weighted by Gasteiger charge is -2.17. The van der Waals surface area contributed by atoms with Crippen LogP contribution in [0.3, 0.4) is 0 Å². The fourth-order valence-electron chi connectivity index (χ4n) is 2.34. The molecule has 0 unspecified atom stereocenters. The molecule has 0 aliphatic rings. The van der Waals surface area contributed by atoms with Gasteiger partial charge in [0.25, 0.3) is 0 Å². The first-order valence-electron chi connectivity index (χ1n) is 7.44. The van der Waals surface area contributed by atoms with E-state index >= 15 is 0 Å². The SMILES string of the molecule is CC[C@H](NCC(=O)Nc1cccc(C)c1)c1ccc(Br)cc1. The van der Waals surface area contributed by atoms with Crippen LogP contribution in [-0.2, 0) is 4.79 Å². The van der Waals surface area contributed by atoms with Gasteiger partial charge in [0.2, 0.25) is 5.91 Å². The summed E-state index contributed by atoms with van der Waals surface area (Å²) in [5.74, 6) is -0.0267. The normalized spacial score (nSPS) is 12.0. The largest absolute Gasteiger partial charge is 0.325 e. The Kier molecular flexibility index (Phi) is 6.16. The Morgan fingerprint density at radius 1 is 1.18 bits per heavy atom. The Balaban J connectivity index is 1.90. The molecule has 4 heteroatoms. The lowest BCUT2D eigenvalue weighted by molar-refractivity contribution is -0.115. The Labute approximate surface area is 140 Å². The van der Waals surface area contributed by atoms with Crippen LogP contribution >= 0.6 is 15.9 Å². The summed E-state index contributed by atoms with van der Waals surface area (Å²) in [5.41, 5.74) is 3.16. The van der Waals surface area contributed by atoms with Crippen molar-refractivity contribution >= 4 is 27.5 Å². The van der Waals surface area contributed by atoms with E-state index in [1.807, 2.05) is 43.3 Å². The zero-order valence-corrected chi connectivity index (χ0v) is 14.5.